The van der Waals surface area contributed by atoms with Crippen LogP contribution in [0.25, 0.3) is 22.3 Å². The van der Waals surface area contributed by atoms with E-state index in [1.165, 1.54) is 4.57 Å². The first kappa shape index (κ1) is 17.0. The fraction of sp³-hybridized carbons (Fsp3) is 0.250. The highest BCUT2D eigenvalue weighted by Crippen LogP contribution is 2.42. The summed E-state index contributed by atoms with van der Waals surface area (Å²) in [4.78, 5) is 29.3. The lowest BCUT2D eigenvalue weighted by Crippen LogP contribution is -2.39. The van der Waals surface area contributed by atoms with E-state index in [1.807, 2.05) is 0 Å². The molecule has 28 heavy (non-hydrogen) atoms. The topological polar surface area (TPSA) is 81.4 Å². The first-order chi connectivity index (χ1) is 13.3. The van der Waals surface area contributed by atoms with Gasteiger partial charge >= 0.3 is 5.97 Å². The van der Waals surface area contributed by atoms with Crippen LogP contribution in [-0.4, -0.2) is 20.6 Å². The van der Waals surface area contributed by atoms with Crippen molar-refractivity contribution < 1.29 is 23.4 Å². The van der Waals surface area contributed by atoms with Gasteiger partial charge in [0.15, 0.2) is 11.6 Å². The van der Waals surface area contributed by atoms with Gasteiger partial charge in [0.05, 0.1) is 29.9 Å². The van der Waals surface area contributed by atoms with Gasteiger partial charge in [-0.3, -0.25) is 14.2 Å². The van der Waals surface area contributed by atoms with E-state index in [2.05, 4.69) is 4.98 Å². The minimum absolute atomic E-state index is 0.154. The Kier molecular flexibility index (Phi) is 3.31. The molecule has 2 aliphatic rings. The molecule has 0 spiro atoms. The van der Waals surface area contributed by atoms with Crippen LogP contribution in [0, 0.1) is 11.6 Å². The standard InChI is InChI=1S/C20H14F2N2O4/c1-2-20(27)7-16(25)28-18-11(20)5-15-17-10(8-24(15)19(18)26)3-9-4-12(21)13(22)6-14(9)23-17/h3-6,27H,2,7-8H2,1H3/t20-/m1/s1. The molecule has 0 radical (unpaired) electrons. The molecule has 142 valence electrons. The Labute approximate surface area is 157 Å². The summed E-state index contributed by atoms with van der Waals surface area (Å²) in [5, 5.41) is 11.3. The van der Waals surface area contributed by atoms with Crippen molar-refractivity contribution in [2.75, 3.05) is 0 Å². The summed E-state index contributed by atoms with van der Waals surface area (Å²) in [6.45, 7) is 1.87. The van der Waals surface area contributed by atoms with E-state index in [0.717, 1.165) is 12.1 Å². The Morgan fingerprint density at radius 1 is 1.21 bits per heavy atom. The largest absolute Gasteiger partial charge is 0.420 e. The molecule has 1 aromatic carbocycles. The maximum absolute atomic E-state index is 13.6. The van der Waals surface area contributed by atoms with Crippen molar-refractivity contribution >= 4 is 16.9 Å². The van der Waals surface area contributed by atoms with Gasteiger partial charge in [0.1, 0.15) is 5.60 Å². The van der Waals surface area contributed by atoms with Crippen LogP contribution in [0.5, 0.6) is 5.75 Å². The van der Waals surface area contributed by atoms with Gasteiger partial charge < -0.3 is 9.84 Å². The number of hydrogen-bond donors (Lipinski definition) is 1. The van der Waals surface area contributed by atoms with Crippen molar-refractivity contribution in [2.24, 2.45) is 0 Å². The molecule has 3 aromatic rings. The molecular weight excluding hydrogens is 370 g/mol. The van der Waals surface area contributed by atoms with E-state index in [4.69, 9.17) is 4.74 Å². The molecule has 0 saturated heterocycles. The molecule has 0 unspecified atom stereocenters. The first-order valence-electron chi connectivity index (χ1n) is 8.81. The normalized spacial score (nSPS) is 19.9. The number of aliphatic hydroxyl groups is 1. The predicted molar refractivity (Wildman–Crippen MR) is 94.9 cm³/mol. The third kappa shape index (κ3) is 2.18. The van der Waals surface area contributed by atoms with E-state index in [1.54, 1.807) is 19.1 Å². The highest BCUT2D eigenvalue weighted by atomic mass is 19.2. The number of halogens is 2. The van der Waals surface area contributed by atoms with Crippen LogP contribution in [0.3, 0.4) is 0 Å². The van der Waals surface area contributed by atoms with E-state index in [9.17, 15) is 23.5 Å². The van der Waals surface area contributed by atoms with Crippen LogP contribution >= 0.6 is 0 Å². The molecule has 2 aromatic heterocycles. The lowest BCUT2D eigenvalue weighted by Gasteiger charge is -2.32. The maximum Gasteiger partial charge on any atom is 0.314 e. The molecule has 1 atom stereocenters. The van der Waals surface area contributed by atoms with Crippen LogP contribution in [0.1, 0.15) is 30.9 Å². The molecule has 8 heteroatoms. The zero-order chi connectivity index (χ0) is 19.8. The zero-order valence-electron chi connectivity index (χ0n) is 14.8. The lowest BCUT2D eigenvalue weighted by atomic mass is 9.85. The van der Waals surface area contributed by atoms with Crippen molar-refractivity contribution in [3.8, 4) is 17.1 Å². The van der Waals surface area contributed by atoms with E-state index in [-0.39, 0.29) is 36.2 Å². The zero-order valence-corrected chi connectivity index (χ0v) is 14.8. The van der Waals surface area contributed by atoms with Crippen LogP contribution in [0.4, 0.5) is 8.78 Å². The van der Waals surface area contributed by atoms with E-state index >= 15 is 0 Å². The van der Waals surface area contributed by atoms with Gasteiger partial charge in [-0.05, 0) is 24.6 Å². The van der Waals surface area contributed by atoms with Crippen molar-refractivity contribution in [1.82, 2.24) is 9.55 Å². The van der Waals surface area contributed by atoms with Gasteiger partial charge in [-0.1, -0.05) is 6.92 Å². The number of carbonyl (C=O) groups is 1. The Morgan fingerprint density at radius 2 is 1.96 bits per heavy atom. The molecule has 4 heterocycles. The van der Waals surface area contributed by atoms with Gasteiger partial charge in [-0.2, -0.15) is 0 Å². The predicted octanol–water partition coefficient (Wildman–Crippen LogP) is 2.61. The Morgan fingerprint density at radius 3 is 2.71 bits per heavy atom. The fourth-order valence-corrected chi connectivity index (χ4v) is 3.95. The van der Waals surface area contributed by atoms with Gasteiger partial charge in [0, 0.05) is 22.6 Å². The quantitative estimate of drug-likeness (QED) is 0.510. The molecule has 0 aliphatic carbocycles. The molecule has 6 nitrogen and oxygen atoms in total. The first-order valence-corrected chi connectivity index (χ1v) is 8.81. The summed E-state index contributed by atoms with van der Waals surface area (Å²) < 4.78 is 33.7. The summed E-state index contributed by atoms with van der Waals surface area (Å²) in [7, 11) is 0. The molecule has 0 amide bonds. The van der Waals surface area contributed by atoms with E-state index < -0.39 is 28.8 Å². The van der Waals surface area contributed by atoms with Crippen molar-refractivity contribution in [1.29, 1.82) is 0 Å². The van der Waals surface area contributed by atoms with Crippen LogP contribution < -0.4 is 10.3 Å². The number of pyridine rings is 2. The molecular formula is C20H14F2N2O4. The smallest absolute Gasteiger partial charge is 0.314 e. The number of benzene rings is 1. The van der Waals surface area contributed by atoms with E-state index in [0.29, 0.717) is 22.3 Å². The molecule has 1 N–H and O–H groups in total. The number of esters is 1. The van der Waals surface area contributed by atoms with Crippen LogP contribution in [0.15, 0.2) is 29.1 Å². The van der Waals surface area contributed by atoms with Crippen LogP contribution in [0.2, 0.25) is 0 Å². The average molecular weight is 384 g/mol. The second kappa shape index (κ2) is 5.45. The summed E-state index contributed by atoms with van der Waals surface area (Å²) in [5.41, 5.74) is -0.00619. The average Bonchev–Trinajstić information content (AvgIpc) is 3.00. The highest BCUT2D eigenvalue weighted by Gasteiger charge is 2.42. The van der Waals surface area contributed by atoms with Crippen molar-refractivity contribution in [3.63, 3.8) is 0 Å². The second-order valence-corrected chi connectivity index (χ2v) is 7.15. The number of rotatable bonds is 1. The summed E-state index contributed by atoms with van der Waals surface area (Å²) in [6.07, 6.45) is -0.0254. The third-order valence-corrected chi connectivity index (χ3v) is 5.50. The number of aromatic nitrogens is 2. The minimum Gasteiger partial charge on any atom is -0.420 e. The third-order valence-electron chi connectivity index (χ3n) is 5.50. The molecule has 2 aliphatic heterocycles. The number of hydrogen-bond acceptors (Lipinski definition) is 5. The molecule has 0 fully saturated rings. The van der Waals surface area contributed by atoms with Crippen LogP contribution in [-0.2, 0) is 16.9 Å². The van der Waals surface area contributed by atoms with Gasteiger partial charge in [0.2, 0.25) is 5.75 Å². The van der Waals surface area contributed by atoms with Crippen molar-refractivity contribution in [2.45, 2.75) is 31.9 Å². The molecule has 0 bridgehead atoms. The minimum atomic E-state index is -1.51. The highest BCUT2D eigenvalue weighted by molar-refractivity contribution is 5.85. The molecule has 0 saturated carbocycles. The summed E-state index contributed by atoms with van der Waals surface area (Å²) in [5.74, 6) is -2.83. The number of ether oxygens (including phenoxy) is 1. The Bertz CT molecular complexity index is 1270. The monoisotopic (exact) mass is 384 g/mol. The Hall–Kier alpha value is -3.13. The maximum atomic E-state index is 13.6. The SMILES string of the molecule is CC[C@@]1(O)CC(=O)Oc2c1cc1n(c2=O)Cc2cc3cc(F)c(F)cc3nc2-1. The lowest BCUT2D eigenvalue weighted by molar-refractivity contribution is -0.143. The van der Waals surface area contributed by atoms with Gasteiger partial charge in [-0.25, -0.2) is 13.8 Å². The Balaban J connectivity index is 1.79. The van der Waals surface area contributed by atoms with Gasteiger partial charge in [-0.15, -0.1) is 0 Å². The fourth-order valence-electron chi connectivity index (χ4n) is 3.95. The second-order valence-electron chi connectivity index (χ2n) is 7.15. The number of carbonyl (C=O) groups excluding carboxylic acids is 1. The number of nitrogens with zero attached hydrogens (tertiary/aromatic N) is 2. The molecule has 5 rings (SSSR count). The van der Waals surface area contributed by atoms with Gasteiger partial charge in [0.25, 0.3) is 5.56 Å². The van der Waals surface area contributed by atoms with Crippen molar-refractivity contribution in [3.05, 3.63) is 57.4 Å². The summed E-state index contributed by atoms with van der Waals surface area (Å²) >= 11 is 0. The number of fused-ring (bicyclic) bond motifs is 5. The summed E-state index contributed by atoms with van der Waals surface area (Å²) in [6, 6.07) is 5.32.